The molecule has 4 rings (SSSR count). The Balaban J connectivity index is 1.70. The lowest BCUT2D eigenvalue weighted by Crippen LogP contribution is -2.01. The Bertz CT molecular complexity index is 816. The van der Waals surface area contributed by atoms with Crippen molar-refractivity contribution < 1.29 is 4.74 Å². The van der Waals surface area contributed by atoms with Crippen LogP contribution in [0.4, 0.5) is 0 Å². The summed E-state index contributed by atoms with van der Waals surface area (Å²) in [7, 11) is 0. The van der Waals surface area contributed by atoms with E-state index in [0.717, 1.165) is 34.7 Å². The van der Waals surface area contributed by atoms with Crippen LogP contribution < -0.4 is 10.3 Å². The molecule has 1 saturated carbocycles. The second kappa shape index (κ2) is 4.45. The number of aromatic amines is 1. The van der Waals surface area contributed by atoms with Gasteiger partial charge >= 0.3 is 0 Å². The van der Waals surface area contributed by atoms with Gasteiger partial charge in [-0.3, -0.25) is 4.79 Å². The van der Waals surface area contributed by atoms with Crippen LogP contribution in [0.3, 0.4) is 0 Å². The molecule has 2 aromatic heterocycles. The van der Waals surface area contributed by atoms with Gasteiger partial charge in [0.25, 0.3) is 5.56 Å². The van der Waals surface area contributed by atoms with Gasteiger partial charge in [0.05, 0.1) is 11.6 Å². The van der Waals surface area contributed by atoms with Crippen LogP contribution in [0, 0.1) is 0 Å². The number of ether oxygens (including phenoxy) is 1. The van der Waals surface area contributed by atoms with Gasteiger partial charge in [0.2, 0.25) is 0 Å². The summed E-state index contributed by atoms with van der Waals surface area (Å²) >= 11 is 1.41. The second-order valence-corrected chi connectivity index (χ2v) is 5.88. The number of thiazole rings is 1. The fourth-order valence-electron chi connectivity index (χ4n) is 2.05. The van der Waals surface area contributed by atoms with E-state index in [-0.39, 0.29) is 5.56 Å². The van der Waals surface area contributed by atoms with E-state index in [1.807, 2.05) is 30.3 Å². The van der Waals surface area contributed by atoms with Gasteiger partial charge in [0.1, 0.15) is 15.5 Å². The van der Waals surface area contributed by atoms with Crippen LogP contribution in [-0.2, 0) is 0 Å². The molecule has 0 saturated heterocycles. The summed E-state index contributed by atoms with van der Waals surface area (Å²) in [5.74, 6) is 0.898. The van der Waals surface area contributed by atoms with E-state index in [9.17, 15) is 4.79 Å². The lowest BCUT2D eigenvalue weighted by atomic mass is 10.2. The standard InChI is InChI=1S/C15H12N2O2S/c18-14-13-12(7-8-16-14)17-15(20-13)9-1-3-10(4-2-9)19-11-5-6-11/h1-4,7-8,11H,5-6H2,(H,16,18). The van der Waals surface area contributed by atoms with Crippen LogP contribution in [0.15, 0.2) is 41.3 Å². The van der Waals surface area contributed by atoms with E-state index in [1.54, 1.807) is 6.20 Å². The first-order chi connectivity index (χ1) is 9.79. The summed E-state index contributed by atoms with van der Waals surface area (Å²) in [5.41, 5.74) is 1.67. The maximum absolute atomic E-state index is 11.7. The number of nitrogens with zero attached hydrogens (tertiary/aromatic N) is 1. The molecule has 1 fully saturated rings. The Kier molecular flexibility index (Phi) is 2.60. The van der Waals surface area contributed by atoms with E-state index in [0.29, 0.717) is 10.8 Å². The number of aromatic nitrogens is 2. The van der Waals surface area contributed by atoms with E-state index < -0.39 is 0 Å². The fraction of sp³-hybridized carbons (Fsp3) is 0.200. The third kappa shape index (κ3) is 2.10. The highest BCUT2D eigenvalue weighted by atomic mass is 32.1. The zero-order valence-electron chi connectivity index (χ0n) is 10.6. The third-order valence-electron chi connectivity index (χ3n) is 3.24. The van der Waals surface area contributed by atoms with Crippen LogP contribution in [0.1, 0.15) is 12.8 Å². The van der Waals surface area contributed by atoms with Gasteiger partial charge in [0, 0.05) is 11.8 Å². The highest BCUT2D eigenvalue weighted by Gasteiger charge is 2.23. The van der Waals surface area contributed by atoms with Crippen molar-refractivity contribution in [2.24, 2.45) is 0 Å². The number of hydrogen-bond donors (Lipinski definition) is 1. The Morgan fingerprint density at radius 1 is 1.20 bits per heavy atom. The number of benzene rings is 1. The molecule has 1 N–H and O–H groups in total. The topological polar surface area (TPSA) is 55.0 Å². The minimum atomic E-state index is -0.0834. The highest BCUT2D eigenvalue weighted by molar-refractivity contribution is 7.21. The van der Waals surface area contributed by atoms with Gasteiger partial charge in [-0.25, -0.2) is 4.98 Å². The third-order valence-corrected chi connectivity index (χ3v) is 4.36. The number of pyridine rings is 1. The van der Waals surface area contributed by atoms with Gasteiger partial charge in [-0.2, -0.15) is 0 Å². The number of nitrogens with one attached hydrogen (secondary N) is 1. The minimum absolute atomic E-state index is 0.0834. The summed E-state index contributed by atoms with van der Waals surface area (Å²) in [4.78, 5) is 18.9. The van der Waals surface area contributed by atoms with Crippen LogP contribution in [0.25, 0.3) is 20.8 Å². The van der Waals surface area contributed by atoms with Crippen molar-refractivity contribution in [2.75, 3.05) is 0 Å². The molecule has 4 nitrogen and oxygen atoms in total. The average molecular weight is 284 g/mol. The molecule has 20 heavy (non-hydrogen) atoms. The number of hydrogen-bond acceptors (Lipinski definition) is 4. The summed E-state index contributed by atoms with van der Waals surface area (Å²) in [6.45, 7) is 0. The number of rotatable bonds is 3. The first-order valence-corrected chi connectivity index (χ1v) is 7.36. The number of fused-ring (bicyclic) bond motifs is 1. The molecule has 1 aliphatic carbocycles. The number of H-pyrrole nitrogens is 1. The van der Waals surface area contributed by atoms with Gasteiger partial charge in [-0.1, -0.05) is 0 Å². The van der Waals surface area contributed by atoms with Gasteiger partial charge < -0.3 is 9.72 Å². The lowest BCUT2D eigenvalue weighted by Gasteiger charge is -2.04. The summed E-state index contributed by atoms with van der Waals surface area (Å²) in [6.07, 6.45) is 4.34. The van der Waals surface area contributed by atoms with Crippen molar-refractivity contribution in [2.45, 2.75) is 18.9 Å². The summed E-state index contributed by atoms with van der Waals surface area (Å²) in [5, 5.41) is 0.856. The summed E-state index contributed by atoms with van der Waals surface area (Å²) < 4.78 is 6.39. The molecule has 3 aromatic rings. The monoisotopic (exact) mass is 284 g/mol. The smallest absolute Gasteiger partial charge is 0.267 e. The minimum Gasteiger partial charge on any atom is -0.490 e. The molecule has 0 bridgehead atoms. The Labute approximate surface area is 119 Å². The molecular formula is C15H12N2O2S. The van der Waals surface area contributed by atoms with E-state index in [4.69, 9.17) is 4.74 Å². The van der Waals surface area contributed by atoms with Crippen LogP contribution >= 0.6 is 11.3 Å². The molecule has 0 radical (unpaired) electrons. The molecule has 0 spiro atoms. The molecule has 0 atom stereocenters. The van der Waals surface area contributed by atoms with Crippen LogP contribution in [0.5, 0.6) is 5.75 Å². The predicted octanol–water partition coefficient (Wildman–Crippen LogP) is 3.19. The predicted molar refractivity (Wildman–Crippen MR) is 79.3 cm³/mol. The highest BCUT2D eigenvalue weighted by Crippen LogP contribution is 2.31. The van der Waals surface area contributed by atoms with Crippen LogP contribution in [0.2, 0.25) is 0 Å². The van der Waals surface area contributed by atoms with Gasteiger partial charge in [-0.05, 0) is 43.2 Å². The van der Waals surface area contributed by atoms with Crippen molar-refractivity contribution in [1.82, 2.24) is 9.97 Å². The molecule has 5 heteroatoms. The molecule has 0 aliphatic heterocycles. The maximum atomic E-state index is 11.7. The first-order valence-electron chi connectivity index (χ1n) is 6.55. The van der Waals surface area contributed by atoms with Crippen molar-refractivity contribution in [3.8, 4) is 16.3 Å². The SMILES string of the molecule is O=c1[nH]ccc2nc(-c3ccc(OC4CC4)cc3)sc12. The normalized spacial score (nSPS) is 14.6. The molecule has 1 aliphatic rings. The lowest BCUT2D eigenvalue weighted by molar-refractivity contribution is 0.303. The zero-order valence-corrected chi connectivity index (χ0v) is 11.4. The Hall–Kier alpha value is -2.14. The quantitative estimate of drug-likeness (QED) is 0.803. The molecule has 1 aromatic carbocycles. The van der Waals surface area contributed by atoms with E-state index in [2.05, 4.69) is 9.97 Å². The zero-order chi connectivity index (χ0) is 13.5. The van der Waals surface area contributed by atoms with Crippen LogP contribution in [-0.4, -0.2) is 16.1 Å². The Morgan fingerprint density at radius 3 is 2.70 bits per heavy atom. The second-order valence-electron chi connectivity index (χ2n) is 4.88. The fourth-order valence-corrected chi connectivity index (χ4v) is 3.01. The Morgan fingerprint density at radius 2 is 2.00 bits per heavy atom. The molecule has 100 valence electrons. The van der Waals surface area contributed by atoms with Gasteiger partial charge in [-0.15, -0.1) is 11.3 Å². The maximum Gasteiger partial charge on any atom is 0.267 e. The van der Waals surface area contributed by atoms with E-state index >= 15 is 0 Å². The molecular weight excluding hydrogens is 272 g/mol. The van der Waals surface area contributed by atoms with E-state index in [1.165, 1.54) is 11.3 Å². The molecule has 2 heterocycles. The summed E-state index contributed by atoms with van der Waals surface area (Å²) in [6, 6.07) is 9.72. The average Bonchev–Trinajstić information content (AvgIpc) is 3.16. The largest absolute Gasteiger partial charge is 0.490 e. The first kappa shape index (κ1) is 11.7. The van der Waals surface area contributed by atoms with Crippen molar-refractivity contribution >= 4 is 21.6 Å². The van der Waals surface area contributed by atoms with Gasteiger partial charge in [0.15, 0.2) is 0 Å². The molecule has 0 unspecified atom stereocenters. The molecule has 0 amide bonds. The van der Waals surface area contributed by atoms with Crippen molar-refractivity contribution in [3.63, 3.8) is 0 Å². The van der Waals surface area contributed by atoms with Crippen molar-refractivity contribution in [1.29, 1.82) is 0 Å². The van der Waals surface area contributed by atoms with Crippen molar-refractivity contribution in [3.05, 3.63) is 46.9 Å².